The molecule has 3 atom stereocenters. The molecule has 0 radical (unpaired) electrons. The van der Waals surface area contributed by atoms with E-state index in [0.717, 1.165) is 6.92 Å². The first-order chi connectivity index (χ1) is 8.65. The van der Waals surface area contributed by atoms with Crippen LogP contribution in [0.1, 0.15) is 20.8 Å². The number of carbonyl (C=O) groups is 2. The third kappa shape index (κ3) is 3.81. The maximum atomic E-state index is 12.0. The Hall–Kier alpha value is -1.34. The summed E-state index contributed by atoms with van der Waals surface area (Å²) in [5.41, 5.74) is -1.94. The number of aliphatic hydroxyl groups is 1. The van der Waals surface area contributed by atoms with Crippen molar-refractivity contribution < 1.29 is 19.8 Å². The number of rotatable bonds is 3. The molecule has 1 saturated heterocycles. The Morgan fingerprint density at radius 3 is 2.21 bits per heavy atom. The van der Waals surface area contributed by atoms with Crippen molar-refractivity contribution in [3.63, 3.8) is 0 Å². The Labute approximate surface area is 113 Å². The van der Waals surface area contributed by atoms with Crippen molar-refractivity contribution in [3.8, 4) is 0 Å². The minimum atomic E-state index is -1.94. The van der Waals surface area contributed by atoms with Gasteiger partial charge in [0.1, 0.15) is 0 Å². The van der Waals surface area contributed by atoms with E-state index >= 15 is 0 Å². The van der Waals surface area contributed by atoms with Crippen LogP contribution in [-0.2, 0) is 4.79 Å². The molecule has 1 aliphatic heterocycles. The van der Waals surface area contributed by atoms with E-state index in [1.807, 2.05) is 20.9 Å². The highest BCUT2D eigenvalue weighted by Gasteiger charge is 2.33. The molecule has 0 spiro atoms. The summed E-state index contributed by atoms with van der Waals surface area (Å²) in [6.07, 6.45) is 0. The molecule has 1 fully saturated rings. The van der Waals surface area contributed by atoms with Crippen LogP contribution in [0.15, 0.2) is 0 Å². The summed E-state index contributed by atoms with van der Waals surface area (Å²) in [5, 5.41) is 20.8. The van der Waals surface area contributed by atoms with E-state index in [4.69, 9.17) is 5.11 Å². The van der Waals surface area contributed by atoms with Gasteiger partial charge in [-0.2, -0.15) is 0 Å². The van der Waals surface area contributed by atoms with Crippen LogP contribution in [0.3, 0.4) is 0 Å². The zero-order chi connectivity index (χ0) is 14.8. The number of hydrogen-bond acceptors (Lipinski definition) is 4. The number of likely N-dealkylation sites (N-methyl/N-ethyl adjacent to an activating group) is 1. The summed E-state index contributed by atoms with van der Waals surface area (Å²) >= 11 is 0. The molecule has 0 aromatic carbocycles. The zero-order valence-electron chi connectivity index (χ0n) is 11.9. The van der Waals surface area contributed by atoms with Gasteiger partial charge in [0.05, 0.1) is 6.54 Å². The quantitative estimate of drug-likeness (QED) is 0.648. The van der Waals surface area contributed by atoms with E-state index in [2.05, 4.69) is 10.2 Å². The van der Waals surface area contributed by atoms with Crippen LogP contribution in [-0.4, -0.2) is 76.4 Å². The minimum Gasteiger partial charge on any atom is -0.479 e. The molecule has 1 aliphatic rings. The maximum Gasteiger partial charge on any atom is 0.337 e. The number of amides is 2. The third-order valence-corrected chi connectivity index (χ3v) is 3.69. The standard InChI is InChI=1S/C12H23N3O4/c1-8-5-15(6-9(2)14(8)4)11(18)13-7-12(3,19)10(16)17/h8-9,19H,5-7H2,1-4H3,(H,13,18)(H,16,17). The Morgan fingerprint density at radius 1 is 1.32 bits per heavy atom. The maximum absolute atomic E-state index is 12.0. The lowest BCUT2D eigenvalue weighted by Gasteiger charge is -2.42. The third-order valence-electron chi connectivity index (χ3n) is 3.69. The van der Waals surface area contributed by atoms with Crippen molar-refractivity contribution in [3.05, 3.63) is 0 Å². The molecular formula is C12H23N3O4. The molecule has 2 amide bonds. The van der Waals surface area contributed by atoms with Gasteiger partial charge in [-0.25, -0.2) is 9.59 Å². The Balaban J connectivity index is 2.53. The molecule has 3 N–H and O–H groups in total. The van der Waals surface area contributed by atoms with Crippen LogP contribution in [0.5, 0.6) is 0 Å². The van der Waals surface area contributed by atoms with E-state index in [9.17, 15) is 14.7 Å². The molecule has 0 aromatic rings. The van der Waals surface area contributed by atoms with Crippen LogP contribution in [0.2, 0.25) is 0 Å². The second kappa shape index (κ2) is 5.75. The lowest BCUT2D eigenvalue weighted by atomic mass is 10.1. The highest BCUT2D eigenvalue weighted by molar-refractivity contribution is 5.79. The van der Waals surface area contributed by atoms with Crippen molar-refractivity contribution in [1.82, 2.24) is 15.1 Å². The molecule has 7 heteroatoms. The van der Waals surface area contributed by atoms with Crippen LogP contribution in [0.4, 0.5) is 4.79 Å². The molecule has 0 bridgehead atoms. The fraction of sp³-hybridized carbons (Fsp3) is 0.833. The average molecular weight is 273 g/mol. The van der Waals surface area contributed by atoms with Crippen molar-refractivity contribution in [2.75, 3.05) is 26.7 Å². The number of carboxylic acid groups (broad SMARTS) is 1. The number of nitrogens with zero attached hydrogens (tertiary/aromatic N) is 2. The van der Waals surface area contributed by atoms with Crippen LogP contribution >= 0.6 is 0 Å². The molecule has 19 heavy (non-hydrogen) atoms. The summed E-state index contributed by atoms with van der Waals surface area (Å²) in [6, 6.07) is 0.150. The largest absolute Gasteiger partial charge is 0.479 e. The topological polar surface area (TPSA) is 93.1 Å². The summed E-state index contributed by atoms with van der Waals surface area (Å²) in [4.78, 5) is 26.5. The molecular weight excluding hydrogens is 250 g/mol. The monoisotopic (exact) mass is 273 g/mol. The lowest BCUT2D eigenvalue weighted by molar-refractivity contribution is -0.155. The number of hydrogen-bond donors (Lipinski definition) is 3. The Kier molecular flexibility index (Phi) is 4.75. The highest BCUT2D eigenvalue weighted by Crippen LogP contribution is 2.13. The SMILES string of the molecule is CC1CN(C(=O)NCC(C)(O)C(=O)O)CC(C)N1C. The minimum absolute atomic E-state index is 0.245. The summed E-state index contributed by atoms with van der Waals surface area (Å²) in [6.45, 7) is 6.08. The van der Waals surface area contributed by atoms with Gasteiger partial charge in [0.25, 0.3) is 0 Å². The molecule has 1 heterocycles. The normalized spacial score (nSPS) is 27.7. The van der Waals surface area contributed by atoms with Gasteiger partial charge < -0.3 is 20.4 Å². The van der Waals surface area contributed by atoms with Gasteiger partial charge in [0.15, 0.2) is 5.60 Å². The number of urea groups is 1. The molecule has 1 rings (SSSR count). The molecule has 0 aromatic heterocycles. The number of carboxylic acids is 1. The first kappa shape index (κ1) is 15.7. The smallest absolute Gasteiger partial charge is 0.337 e. The van der Waals surface area contributed by atoms with Gasteiger partial charge in [0, 0.05) is 25.2 Å². The van der Waals surface area contributed by atoms with E-state index < -0.39 is 11.6 Å². The van der Waals surface area contributed by atoms with Crippen molar-refractivity contribution in [2.45, 2.75) is 38.5 Å². The Bertz CT molecular complexity index is 347. The second-order valence-electron chi connectivity index (χ2n) is 5.51. The fourth-order valence-corrected chi connectivity index (χ4v) is 2.01. The van der Waals surface area contributed by atoms with Crippen molar-refractivity contribution in [2.24, 2.45) is 0 Å². The lowest BCUT2D eigenvalue weighted by Crippen LogP contribution is -2.59. The van der Waals surface area contributed by atoms with E-state index in [1.54, 1.807) is 4.90 Å². The van der Waals surface area contributed by atoms with Gasteiger partial charge in [0.2, 0.25) is 0 Å². The first-order valence-corrected chi connectivity index (χ1v) is 6.35. The van der Waals surface area contributed by atoms with Crippen molar-refractivity contribution >= 4 is 12.0 Å². The van der Waals surface area contributed by atoms with E-state index in [1.165, 1.54) is 0 Å². The zero-order valence-corrected chi connectivity index (χ0v) is 11.9. The van der Waals surface area contributed by atoms with Gasteiger partial charge >= 0.3 is 12.0 Å². The predicted molar refractivity (Wildman–Crippen MR) is 69.9 cm³/mol. The van der Waals surface area contributed by atoms with Crippen LogP contribution in [0.25, 0.3) is 0 Å². The van der Waals surface area contributed by atoms with Crippen LogP contribution < -0.4 is 5.32 Å². The van der Waals surface area contributed by atoms with Crippen molar-refractivity contribution in [1.29, 1.82) is 0 Å². The van der Waals surface area contributed by atoms with Gasteiger partial charge in [-0.3, -0.25) is 4.90 Å². The van der Waals surface area contributed by atoms with E-state index in [-0.39, 0.29) is 24.7 Å². The fourth-order valence-electron chi connectivity index (χ4n) is 2.01. The molecule has 3 unspecified atom stereocenters. The summed E-state index contributed by atoms with van der Waals surface area (Å²) < 4.78 is 0. The first-order valence-electron chi connectivity index (χ1n) is 6.35. The van der Waals surface area contributed by atoms with Gasteiger partial charge in [-0.1, -0.05) is 0 Å². The highest BCUT2D eigenvalue weighted by atomic mass is 16.4. The predicted octanol–water partition coefficient (Wildman–Crippen LogP) is -0.444. The number of nitrogens with one attached hydrogen (secondary N) is 1. The van der Waals surface area contributed by atoms with Crippen LogP contribution in [0, 0.1) is 0 Å². The average Bonchev–Trinajstić information content (AvgIpc) is 2.32. The number of carbonyl (C=O) groups excluding carboxylic acids is 1. The number of piperazine rings is 1. The molecule has 110 valence electrons. The molecule has 7 nitrogen and oxygen atoms in total. The van der Waals surface area contributed by atoms with Gasteiger partial charge in [-0.15, -0.1) is 0 Å². The van der Waals surface area contributed by atoms with Gasteiger partial charge in [-0.05, 0) is 27.8 Å². The Morgan fingerprint density at radius 2 is 1.79 bits per heavy atom. The summed E-state index contributed by atoms with van der Waals surface area (Å²) in [7, 11) is 2.01. The second-order valence-corrected chi connectivity index (χ2v) is 5.51. The molecule has 0 saturated carbocycles. The molecule has 0 aliphatic carbocycles. The summed E-state index contributed by atoms with van der Waals surface area (Å²) in [5.74, 6) is -1.35. The van der Waals surface area contributed by atoms with E-state index in [0.29, 0.717) is 13.1 Å². The number of aliphatic carboxylic acids is 1.